The van der Waals surface area contributed by atoms with E-state index in [-0.39, 0.29) is 11.3 Å². The van der Waals surface area contributed by atoms with Crippen LogP contribution < -0.4 is 0 Å². The molecule has 1 saturated heterocycles. The summed E-state index contributed by atoms with van der Waals surface area (Å²) in [5, 5.41) is 12.0. The van der Waals surface area contributed by atoms with E-state index in [0.717, 1.165) is 0 Å². The molecule has 2 aromatic carbocycles. The van der Waals surface area contributed by atoms with Crippen LogP contribution in [0.25, 0.3) is 5.76 Å². The Morgan fingerprint density at radius 2 is 1.61 bits per heavy atom. The van der Waals surface area contributed by atoms with Crippen LogP contribution in [0.2, 0.25) is 10.0 Å². The molecule has 1 fully saturated rings. The Hall–Kier alpha value is -3.09. The number of Topliss-reactive ketones (excluding diaryl/α,β-unsaturated/α-hetero) is 1. The smallest absolute Gasteiger partial charge is 0.295 e. The summed E-state index contributed by atoms with van der Waals surface area (Å²) in [6.45, 7) is 0.987. The average molecular weight is 456 g/mol. The molecular formula is C23H19Cl2N3O3. The minimum Gasteiger partial charge on any atom is -0.507 e. The number of aryl methyl sites for hydroxylation is 1. The van der Waals surface area contributed by atoms with E-state index in [1.165, 1.54) is 4.90 Å². The van der Waals surface area contributed by atoms with Crippen LogP contribution in [0.4, 0.5) is 0 Å². The highest BCUT2D eigenvalue weighted by atomic mass is 35.5. The number of aliphatic hydroxyl groups excluding tert-OH is 1. The van der Waals surface area contributed by atoms with E-state index in [0.29, 0.717) is 40.7 Å². The van der Waals surface area contributed by atoms with Crippen LogP contribution in [0.5, 0.6) is 0 Å². The number of nitrogens with zero attached hydrogens (tertiary/aromatic N) is 3. The van der Waals surface area contributed by atoms with Gasteiger partial charge >= 0.3 is 0 Å². The van der Waals surface area contributed by atoms with Crippen molar-refractivity contribution < 1.29 is 14.7 Å². The largest absolute Gasteiger partial charge is 0.507 e. The van der Waals surface area contributed by atoms with E-state index in [1.807, 2.05) is 10.8 Å². The normalized spacial score (nSPS) is 18.0. The Bertz CT molecular complexity index is 1120. The average Bonchev–Trinajstić information content (AvgIpc) is 3.37. The number of rotatable bonds is 6. The number of amides is 1. The van der Waals surface area contributed by atoms with Crippen molar-refractivity contribution in [3.63, 3.8) is 0 Å². The lowest BCUT2D eigenvalue weighted by Crippen LogP contribution is -2.31. The van der Waals surface area contributed by atoms with Crippen LogP contribution in [0.3, 0.4) is 0 Å². The zero-order valence-corrected chi connectivity index (χ0v) is 17.9. The molecule has 1 atom stereocenters. The van der Waals surface area contributed by atoms with Gasteiger partial charge in [0.2, 0.25) is 0 Å². The molecule has 1 N–H and O–H groups in total. The van der Waals surface area contributed by atoms with E-state index >= 15 is 0 Å². The highest BCUT2D eigenvalue weighted by molar-refractivity contribution is 6.46. The highest BCUT2D eigenvalue weighted by Crippen LogP contribution is 2.39. The standard InChI is InChI=1S/C23H19Cl2N3O3/c24-17-6-2-15(3-7-17)20-19(21(29)16-4-8-18(25)9-5-16)22(30)23(31)28(20)12-1-11-27-13-10-26-14-27/h2-10,13-14,20,29H,1,11-12H2/t20-/m1/s1. The summed E-state index contributed by atoms with van der Waals surface area (Å²) in [5.41, 5.74) is 1.17. The van der Waals surface area contributed by atoms with E-state index in [9.17, 15) is 14.7 Å². The maximum Gasteiger partial charge on any atom is 0.295 e. The maximum atomic E-state index is 13.0. The summed E-state index contributed by atoms with van der Waals surface area (Å²) >= 11 is 12.0. The zero-order chi connectivity index (χ0) is 22.0. The molecule has 6 nitrogen and oxygen atoms in total. The lowest BCUT2D eigenvalue weighted by molar-refractivity contribution is -0.139. The first kappa shape index (κ1) is 21.2. The van der Waals surface area contributed by atoms with E-state index in [1.54, 1.807) is 61.1 Å². The molecule has 0 aliphatic carbocycles. The monoisotopic (exact) mass is 455 g/mol. The summed E-state index contributed by atoms with van der Waals surface area (Å²) in [4.78, 5) is 31.4. The number of likely N-dealkylation sites (tertiary alicyclic amines) is 1. The van der Waals surface area contributed by atoms with Crippen molar-refractivity contribution in [2.75, 3.05) is 6.54 Å². The fourth-order valence-electron chi connectivity index (χ4n) is 3.71. The highest BCUT2D eigenvalue weighted by Gasteiger charge is 2.45. The Balaban J connectivity index is 1.72. The number of halogens is 2. The number of benzene rings is 2. The van der Waals surface area contributed by atoms with Gasteiger partial charge in [0.15, 0.2) is 0 Å². The van der Waals surface area contributed by atoms with E-state index in [2.05, 4.69) is 4.98 Å². The van der Waals surface area contributed by atoms with Crippen molar-refractivity contribution in [2.45, 2.75) is 19.0 Å². The molecule has 2 heterocycles. The van der Waals surface area contributed by atoms with Crippen molar-refractivity contribution in [1.82, 2.24) is 14.5 Å². The number of carbonyl (C=O) groups excluding carboxylic acids is 2. The third kappa shape index (κ3) is 4.36. The van der Waals surface area contributed by atoms with Crippen LogP contribution >= 0.6 is 23.2 Å². The lowest BCUT2D eigenvalue weighted by Gasteiger charge is -2.25. The van der Waals surface area contributed by atoms with E-state index in [4.69, 9.17) is 23.2 Å². The van der Waals surface area contributed by atoms with Gasteiger partial charge in [0.1, 0.15) is 5.76 Å². The van der Waals surface area contributed by atoms with Gasteiger partial charge in [-0.15, -0.1) is 0 Å². The number of hydrogen-bond donors (Lipinski definition) is 1. The van der Waals surface area contributed by atoms with Crippen molar-refractivity contribution in [3.05, 3.63) is 94.0 Å². The molecule has 0 bridgehead atoms. The fraction of sp³-hybridized carbons (Fsp3) is 0.174. The Morgan fingerprint density at radius 1 is 0.968 bits per heavy atom. The lowest BCUT2D eigenvalue weighted by atomic mass is 9.95. The zero-order valence-electron chi connectivity index (χ0n) is 16.4. The summed E-state index contributed by atoms with van der Waals surface area (Å²) < 4.78 is 1.90. The number of imidazole rings is 1. The first-order valence-corrected chi connectivity index (χ1v) is 10.5. The van der Waals surface area contributed by atoms with Gasteiger partial charge < -0.3 is 14.6 Å². The summed E-state index contributed by atoms with van der Waals surface area (Å²) in [6, 6.07) is 12.7. The Kier molecular flexibility index (Phi) is 6.11. The third-order valence-electron chi connectivity index (χ3n) is 5.22. The van der Waals surface area contributed by atoms with Gasteiger partial charge in [0, 0.05) is 41.1 Å². The number of aliphatic hydroxyl groups is 1. The molecule has 0 unspecified atom stereocenters. The topological polar surface area (TPSA) is 75.4 Å². The van der Waals surface area contributed by atoms with Gasteiger partial charge in [-0.25, -0.2) is 4.98 Å². The minimum absolute atomic E-state index is 0.0530. The number of carbonyl (C=O) groups is 2. The fourth-order valence-corrected chi connectivity index (χ4v) is 3.96. The van der Waals surface area contributed by atoms with Crippen LogP contribution in [-0.2, 0) is 16.1 Å². The van der Waals surface area contributed by atoms with Crippen LogP contribution in [0.1, 0.15) is 23.6 Å². The summed E-state index contributed by atoms with van der Waals surface area (Å²) in [5.74, 6) is -1.58. The molecule has 4 rings (SSSR count). The Morgan fingerprint density at radius 3 is 2.23 bits per heavy atom. The van der Waals surface area contributed by atoms with Gasteiger partial charge in [-0.1, -0.05) is 35.3 Å². The molecule has 1 aliphatic rings. The second kappa shape index (κ2) is 8.96. The molecule has 8 heteroatoms. The molecule has 1 aliphatic heterocycles. The molecule has 0 radical (unpaired) electrons. The number of ketones is 1. The van der Waals surface area contributed by atoms with Crippen molar-refractivity contribution in [1.29, 1.82) is 0 Å². The molecule has 0 spiro atoms. The predicted octanol–water partition coefficient (Wildman–Crippen LogP) is 4.70. The van der Waals surface area contributed by atoms with Gasteiger partial charge in [-0.2, -0.15) is 0 Å². The molecular weight excluding hydrogens is 437 g/mol. The number of aromatic nitrogens is 2. The molecule has 1 aromatic heterocycles. The van der Waals surface area contributed by atoms with Gasteiger partial charge in [0.25, 0.3) is 11.7 Å². The first-order valence-electron chi connectivity index (χ1n) is 9.71. The second-order valence-electron chi connectivity index (χ2n) is 7.20. The van der Waals surface area contributed by atoms with E-state index < -0.39 is 17.7 Å². The first-order chi connectivity index (χ1) is 15.0. The molecule has 3 aromatic rings. The molecule has 158 valence electrons. The molecule has 1 amide bonds. The predicted molar refractivity (Wildman–Crippen MR) is 119 cm³/mol. The van der Waals surface area contributed by atoms with Gasteiger partial charge in [0.05, 0.1) is 17.9 Å². The number of hydrogen-bond acceptors (Lipinski definition) is 4. The third-order valence-corrected chi connectivity index (χ3v) is 5.72. The van der Waals surface area contributed by atoms with Crippen LogP contribution in [0.15, 0.2) is 72.8 Å². The van der Waals surface area contributed by atoms with Crippen LogP contribution in [-0.4, -0.2) is 37.8 Å². The quantitative estimate of drug-likeness (QED) is 0.332. The van der Waals surface area contributed by atoms with Gasteiger partial charge in [-0.05, 0) is 48.4 Å². The van der Waals surface area contributed by atoms with Crippen molar-refractivity contribution in [2.24, 2.45) is 0 Å². The van der Waals surface area contributed by atoms with Gasteiger partial charge in [-0.3, -0.25) is 9.59 Å². The van der Waals surface area contributed by atoms with Crippen molar-refractivity contribution in [3.8, 4) is 0 Å². The molecule has 31 heavy (non-hydrogen) atoms. The molecule has 0 saturated carbocycles. The maximum absolute atomic E-state index is 13.0. The minimum atomic E-state index is -0.713. The summed E-state index contributed by atoms with van der Waals surface area (Å²) in [7, 11) is 0. The van der Waals surface area contributed by atoms with Crippen molar-refractivity contribution >= 4 is 40.7 Å². The SMILES string of the molecule is O=C1C(=O)N(CCCn2ccnc2)[C@H](c2ccc(Cl)cc2)C1=C(O)c1ccc(Cl)cc1. The summed E-state index contributed by atoms with van der Waals surface area (Å²) in [6.07, 6.45) is 5.84. The van der Waals surface area contributed by atoms with Crippen LogP contribution in [0, 0.1) is 0 Å². The second-order valence-corrected chi connectivity index (χ2v) is 8.08. The Labute approximate surface area is 189 Å².